The summed E-state index contributed by atoms with van der Waals surface area (Å²) in [7, 11) is 0. The second-order valence-electron chi connectivity index (χ2n) is 10.1. The molecule has 6 rings (SSSR count). The molecule has 0 saturated carbocycles. The quantitative estimate of drug-likeness (QED) is 0.242. The van der Waals surface area contributed by atoms with Gasteiger partial charge >= 0.3 is 0 Å². The number of Topliss-reactive ketones (excluding diaryl/α,β-unsaturated/α-hetero) is 1. The van der Waals surface area contributed by atoms with Gasteiger partial charge in [-0.25, -0.2) is 0 Å². The third kappa shape index (κ3) is 5.43. The first-order valence-corrected chi connectivity index (χ1v) is 14.0. The van der Waals surface area contributed by atoms with Gasteiger partial charge in [0.2, 0.25) is 0 Å². The van der Waals surface area contributed by atoms with Gasteiger partial charge in [0, 0.05) is 22.7 Å². The van der Waals surface area contributed by atoms with E-state index in [0.29, 0.717) is 36.2 Å². The number of nitrogens with one attached hydrogen (secondary N) is 2. The number of ketones is 1. The molecule has 0 fully saturated rings. The van der Waals surface area contributed by atoms with Crippen LogP contribution in [-0.4, -0.2) is 12.4 Å². The van der Waals surface area contributed by atoms with E-state index in [1.54, 1.807) is 0 Å². The van der Waals surface area contributed by atoms with E-state index in [0.717, 1.165) is 40.2 Å². The van der Waals surface area contributed by atoms with Crippen LogP contribution in [0, 0.1) is 0 Å². The highest BCUT2D eigenvalue weighted by Gasteiger charge is 2.36. The molecule has 0 unspecified atom stereocenters. The van der Waals surface area contributed by atoms with Gasteiger partial charge in [-0.15, -0.1) is 0 Å². The number of anilines is 2. The Kier molecular flexibility index (Phi) is 7.47. The van der Waals surface area contributed by atoms with Crippen molar-refractivity contribution in [1.29, 1.82) is 0 Å². The van der Waals surface area contributed by atoms with Crippen LogP contribution in [0.1, 0.15) is 48.4 Å². The molecule has 202 valence electrons. The van der Waals surface area contributed by atoms with Crippen LogP contribution in [-0.2, 0) is 11.4 Å². The first-order valence-electron chi connectivity index (χ1n) is 13.7. The Hall–Kier alpha value is -4.22. The minimum absolute atomic E-state index is 0.133. The van der Waals surface area contributed by atoms with Crippen LogP contribution in [0.5, 0.6) is 11.5 Å². The molecule has 1 aliphatic heterocycles. The minimum Gasteiger partial charge on any atom is -0.490 e. The van der Waals surface area contributed by atoms with Crippen LogP contribution in [0.4, 0.5) is 11.4 Å². The summed E-state index contributed by atoms with van der Waals surface area (Å²) in [6.45, 7) is 2.84. The van der Waals surface area contributed by atoms with Crippen molar-refractivity contribution in [1.82, 2.24) is 0 Å². The maximum atomic E-state index is 13.9. The molecule has 6 heteroatoms. The molecule has 4 aromatic carbocycles. The Labute approximate surface area is 239 Å². The predicted octanol–water partition coefficient (Wildman–Crippen LogP) is 8.30. The van der Waals surface area contributed by atoms with Gasteiger partial charge in [-0.2, -0.15) is 0 Å². The van der Waals surface area contributed by atoms with Gasteiger partial charge in [-0.1, -0.05) is 72.3 Å². The molecule has 0 amide bonds. The highest BCUT2D eigenvalue weighted by Crippen LogP contribution is 2.45. The van der Waals surface area contributed by atoms with Crippen LogP contribution >= 0.6 is 11.6 Å². The number of rotatable bonds is 7. The molecule has 2 N–H and O–H groups in total. The van der Waals surface area contributed by atoms with Crippen molar-refractivity contribution in [3.63, 3.8) is 0 Å². The monoisotopic (exact) mass is 550 g/mol. The number of allylic oxidation sites excluding steroid dienone is 1. The van der Waals surface area contributed by atoms with Crippen molar-refractivity contribution in [3.8, 4) is 11.5 Å². The fourth-order valence-corrected chi connectivity index (χ4v) is 5.66. The number of benzene rings is 4. The van der Waals surface area contributed by atoms with Crippen LogP contribution in [0.2, 0.25) is 5.02 Å². The molecular weight excluding hydrogens is 520 g/mol. The Morgan fingerprint density at radius 1 is 0.800 bits per heavy atom. The van der Waals surface area contributed by atoms with Crippen LogP contribution in [0.25, 0.3) is 0 Å². The van der Waals surface area contributed by atoms with Crippen molar-refractivity contribution in [2.45, 2.75) is 38.3 Å². The molecule has 2 aliphatic rings. The fourth-order valence-electron chi connectivity index (χ4n) is 5.54. The molecule has 5 nitrogen and oxygen atoms in total. The maximum absolute atomic E-state index is 13.9. The smallest absolute Gasteiger partial charge is 0.163 e. The molecule has 0 aromatic heterocycles. The summed E-state index contributed by atoms with van der Waals surface area (Å²) in [6, 6.07) is 31.6. The van der Waals surface area contributed by atoms with Crippen molar-refractivity contribution < 1.29 is 14.3 Å². The van der Waals surface area contributed by atoms with E-state index in [2.05, 4.69) is 22.8 Å². The van der Waals surface area contributed by atoms with E-state index < -0.39 is 0 Å². The molecule has 40 heavy (non-hydrogen) atoms. The number of halogens is 1. The van der Waals surface area contributed by atoms with E-state index in [-0.39, 0.29) is 17.7 Å². The van der Waals surface area contributed by atoms with Crippen LogP contribution in [0.15, 0.2) is 108 Å². The predicted molar refractivity (Wildman–Crippen MR) is 160 cm³/mol. The second-order valence-corrected chi connectivity index (χ2v) is 10.6. The summed E-state index contributed by atoms with van der Waals surface area (Å²) in [4.78, 5) is 13.9. The molecular formula is C34H31ClN2O3. The van der Waals surface area contributed by atoms with E-state index in [1.807, 2.05) is 91.9 Å². The molecule has 1 aliphatic carbocycles. The number of para-hydroxylation sites is 2. The summed E-state index contributed by atoms with van der Waals surface area (Å²) in [5.74, 6) is 1.58. The lowest BCUT2D eigenvalue weighted by Crippen LogP contribution is -2.26. The van der Waals surface area contributed by atoms with Crippen molar-refractivity contribution in [2.75, 3.05) is 17.2 Å². The van der Waals surface area contributed by atoms with E-state index in [1.165, 1.54) is 5.56 Å². The number of hydrogen-bond donors (Lipinski definition) is 2. The highest BCUT2D eigenvalue weighted by molar-refractivity contribution is 6.30. The van der Waals surface area contributed by atoms with Gasteiger partial charge in [0.25, 0.3) is 0 Å². The lowest BCUT2D eigenvalue weighted by molar-refractivity contribution is -0.116. The molecule has 0 spiro atoms. The summed E-state index contributed by atoms with van der Waals surface area (Å²) in [5.41, 5.74) is 6.81. The normalized spacial score (nSPS) is 18.1. The van der Waals surface area contributed by atoms with Gasteiger partial charge in [0.15, 0.2) is 17.3 Å². The lowest BCUT2D eigenvalue weighted by atomic mass is 9.78. The fraction of sp³-hybridized carbons (Fsp3) is 0.206. The summed E-state index contributed by atoms with van der Waals surface area (Å²) < 4.78 is 12.2. The zero-order valence-corrected chi connectivity index (χ0v) is 23.1. The maximum Gasteiger partial charge on any atom is 0.163 e. The minimum atomic E-state index is -0.333. The zero-order valence-electron chi connectivity index (χ0n) is 22.3. The Morgan fingerprint density at radius 3 is 2.33 bits per heavy atom. The van der Waals surface area contributed by atoms with Gasteiger partial charge in [0.05, 0.1) is 24.0 Å². The first kappa shape index (κ1) is 26.0. The number of carbonyl (C=O) groups is 1. The summed E-state index contributed by atoms with van der Waals surface area (Å²) in [6.07, 6.45) is 1.23. The third-order valence-electron chi connectivity index (χ3n) is 7.49. The standard InChI is InChI=1S/C34H31ClN2O3/c1-2-39-32-20-24(14-17-31(32)40-21-22-12-15-26(35)16-13-22)34-33-29(36-27-10-6-7-11-28(27)37-34)18-25(19-30(33)38)23-8-4-3-5-9-23/h3-17,20,25,34,36-37H,2,18-19,21H2,1H3/t25-,34-/m0/s1. The number of fused-ring (bicyclic) bond motifs is 1. The second kappa shape index (κ2) is 11.5. The first-order chi connectivity index (χ1) is 19.6. The summed E-state index contributed by atoms with van der Waals surface area (Å²) in [5, 5.41) is 7.97. The van der Waals surface area contributed by atoms with E-state index in [4.69, 9.17) is 21.1 Å². The van der Waals surface area contributed by atoms with Crippen molar-refractivity contribution in [2.24, 2.45) is 0 Å². The van der Waals surface area contributed by atoms with Gasteiger partial charge < -0.3 is 20.1 Å². The molecule has 1 heterocycles. The van der Waals surface area contributed by atoms with Crippen LogP contribution < -0.4 is 20.1 Å². The van der Waals surface area contributed by atoms with Crippen LogP contribution in [0.3, 0.4) is 0 Å². The average molecular weight is 551 g/mol. The van der Waals surface area contributed by atoms with Gasteiger partial charge in [0.1, 0.15) is 6.61 Å². The van der Waals surface area contributed by atoms with Gasteiger partial charge in [-0.05, 0) is 72.4 Å². The van der Waals surface area contributed by atoms with Crippen molar-refractivity contribution >= 4 is 28.8 Å². The topological polar surface area (TPSA) is 59.6 Å². The Balaban J connectivity index is 1.36. The highest BCUT2D eigenvalue weighted by atomic mass is 35.5. The van der Waals surface area contributed by atoms with E-state index >= 15 is 0 Å². The SMILES string of the molecule is CCOc1cc([C@@H]2Nc3ccccc3NC3=C2C(=O)C[C@@H](c2ccccc2)C3)ccc1OCc1ccc(Cl)cc1. The molecule has 4 aromatic rings. The Morgan fingerprint density at radius 2 is 1.55 bits per heavy atom. The van der Waals surface area contributed by atoms with E-state index in [9.17, 15) is 4.79 Å². The molecule has 2 atom stereocenters. The number of hydrogen-bond acceptors (Lipinski definition) is 5. The average Bonchev–Trinajstić information content (AvgIpc) is 3.15. The molecule has 0 saturated heterocycles. The zero-order chi connectivity index (χ0) is 27.5. The molecule has 0 bridgehead atoms. The van der Waals surface area contributed by atoms with Crippen molar-refractivity contribution in [3.05, 3.63) is 130 Å². The summed E-state index contributed by atoms with van der Waals surface area (Å²) >= 11 is 6.03. The molecule has 0 radical (unpaired) electrons. The number of ether oxygens (including phenoxy) is 2. The third-order valence-corrected chi connectivity index (χ3v) is 7.74. The van der Waals surface area contributed by atoms with Gasteiger partial charge in [-0.3, -0.25) is 4.79 Å². The largest absolute Gasteiger partial charge is 0.490 e. The Bertz CT molecular complexity index is 1550. The number of carbonyl (C=O) groups excluding carboxylic acids is 1. The lowest BCUT2D eigenvalue weighted by Gasteiger charge is -2.30.